The molecule has 22 heavy (non-hydrogen) atoms. The number of imide groups is 1. The van der Waals surface area contributed by atoms with Gasteiger partial charge in [-0.2, -0.15) is 0 Å². The Kier molecular flexibility index (Phi) is 4.07. The van der Waals surface area contributed by atoms with E-state index in [4.69, 9.17) is 0 Å². The highest BCUT2D eigenvalue weighted by atomic mass is 16.2. The number of benzene rings is 1. The molecule has 1 heterocycles. The highest BCUT2D eigenvalue weighted by Crippen LogP contribution is 2.35. The van der Waals surface area contributed by atoms with Gasteiger partial charge in [0.15, 0.2) is 0 Å². The second-order valence-electron chi connectivity index (χ2n) is 6.81. The number of carbonyl (C=O) groups is 2. The molecular weight excluding hydrogens is 276 g/mol. The zero-order valence-corrected chi connectivity index (χ0v) is 14.7. The summed E-state index contributed by atoms with van der Waals surface area (Å²) in [4.78, 5) is 27.3. The van der Waals surface area contributed by atoms with Crippen molar-refractivity contribution in [2.45, 2.75) is 53.5 Å². The van der Waals surface area contributed by atoms with Gasteiger partial charge in [-0.05, 0) is 69.4 Å². The van der Waals surface area contributed by atoms with Crippen molar-refractivity contribution >= 4 is 11.9 Å². The van der Waals surface area contributed by atoms with Gasteiger partial charge in [-0.1, -0.05) is 6.07 Å². The van der Waals surface area contributed by atoms with E-state index >= 15 is 0 Å². The third-order valence-corrected chi connectivity index (χ3v) is 5.26. The maximum atomic E-state index is 12.5. The first-order valence-electron chi connectivity index (χ1n) is 7.75. The first kappa shape index (κ1) is 16.5. The lowest BCUT2D eigenvalue weighted by Gasteiger charge is -2.44. The monoisotopic (exact) mass is 302 g/mol. The molecule has 0 saturated carbocycles. The van der Waals surface area contributed by atoms with Crippen molar-refractivity contribution in [3.63, 3.8) is 0 Å². The molecule has 0 atom stereocenters. The third kappa shape index (κ3) is 2.40. The lowest BCUT2D eigenvalue weighted by Crippen LogP contribution is -2.57. The van der Waals surface area contributed by atoms with Crippen LogP contribution in [-0.2, 0) is 10.3 Å². The molecule has 2 rings (SSSR count). The molecule has 4 heteroatoms. The van der Waals surface area contributed by atoms with Gasteiger partial charge < -0.3 is 4.90 Å². The molecule has 1 saturated heterocycles. The Hall–Kier alpha value is -1.84. The molecule has 0 unspecified atom stereocenters. The van der Waals surface area contributed by atoms with Crippen LogP contribution in [0.15, 0.2) is 6.07 Å². The van der Waals surface area contributed by atoms with Crippen molar-refractivity contribution in [2.75, 3.05) is 13.6 Å². The van der Waals surface area contributed by atoms with Crippen molar-refractivity contribution in [3.05, 3.63) is 33.9 Å². The van der Waals surface area contributed by atoms with E-state index in [0.29, 0.717) is 13.0 Å². The molecule has 0 spiro atoms. The van der Waals surface area contributed by atoms with Gasteiger partial charge in [-0.25, -0.2) is 4.79 Å². The fourth-order valence-electron chi connectivity index (χ4n) is 3.27. The molecule has 120 valence electrons. The Bertz CT molecular complexity index is 647. The number of aryl methyl sites for hydroxylation is 1. The van der Waals surface area contributed by atoms with E-state index in [-0.39, 0.29) is 11.9 Å². The SMILES string of the molecule is Cc1cc(C(C)(C)N2CCC(=O)N(C)C2=O)c(C)c(C)c1C. The lowest BCUT2D eigenvalue weighted by atomic mass is 9.83. The predicted molar refractivity (Wildman–Crippen MR) is 87.9 cm³/mol. The second-order valence-corrected chi connectivity index (χ2v) is 6.81. The minimum absolute atomic E-state index is 0.106. The molecular formula is C18H26N2O2. The number of nitrogens with zero attached hydrogens (tertiary/aromatic N) is 2. The van der Waals surface area contributed by atoms with Gasteiger partial charge >= 0.3 is 6.03 Å². The summed E-state index contributed by atoms with van der Waals surface area (Å²) in [5.74, 6) is -0.106. The number of carbonyl (C=O) groups excluding carboxylic acids is 2. The maximum absolute atomic E-state index is 12.5. The smallest absolute Gasteiger partial charge is 0.315 e. The lowest BCUT2D eigenvalue weighted by molar-refractivity contribution is -0.130. The summed E-state index contributed by atoms with van der Waals surface area (Å²) in [6.45, 7) is 13.1. The molecule has 1 aliphatic rings. The summed E-state index contributed by atoms with van der Waals surface area (Å²) in [5.41, 5.74) is 5.75. The van der Waals surface area contributed by atoms with Crippen LogP contribution in [0.1, 0.15) is 48.1 Å². The molecule has 1 fully saturated rings. The van der Waals surface area contributed by atoms with Crippen LogP contribution >= 0.6 is 0 Å². The Labute approximate surface area is 133 Å². The van der Waals surface area contributed by atoms with E-state index in [1.165, 1.54) is 27.2 Å². The molecule has 0 bridgehead atoms. The fourth-order valence-corrected chi connectivity index (χ4v) is 3.27. The Morgan fingerprint density at radius 1 is 1.00 bits per heavy atom. The molecule has 1 aliphatic heterocycles. The second kappa shape index (κ2) is 5.41. The molecule has 4 nitrogen and oxygen atoms in total. The first-order chi connectivity index (χ1) is 10.1. The highest BCUT2D eigenvalue weighted by Gasteiger charge is 2.40. The van der Waals surface area contributed by atoms with Crippen molar-refractivity contribution in [1.29, 1.82) is 0 Å². The minimum atomic E-state index is -0.445. The first-order valence-corrected chi connectivity index (χ1v) is 7.75. The van der Waals surface area contributed by atoms with Crippen LogP contribution in [0.3, 0.4) is 0 Å². The third-order valence-electron chi connectivity index (χ3n) is 5.26. The van der Waals surface area contributed by atoms with E-state index in [9.17, 15) is 9.59 Å². The van der Waals surface area contributed by atoms with Crippen molar-refractivity contribution in [1.82, 2.24) is 9.80 Å². The van der Waals surface area contributed by atoms with Crippen LogP contribution in [0.5, 0.6) is 0 Å². The van der Waals surface area contributed by atoms with Crippen LogP contribution in [0, 0.1) is 27.7 Å². The molecule has 0 aliphatic carbocycles. The highest BCUT2D eigenvalue weighted by molar-refractivity contribution is 5.96. The maximum Gasteiger partial charge on any atom is 0.327 e. The Balaban J connectivity index is 2.51. The normalized spacial score (nSPS) is 16.5. The van der Waals surface area contributed by atoms with E-state index in [0.717, 1.165) is 5.56 Å². The number of urea groups is 1. The molecule has 1 aromatic carbocycles. The van der Waals surface area contributed by atoms with E-state index in [1.807, 2.05) is 4.90 Å². The molecule has 3 amide bonds. The van der Waals surface area contributed by atoms with Gasteiger partial charge in [0.25, 0.3) is 0 Å². The standard InChI is InChI=1S/C18H26N2O2/c1-11-10-15(14(4)13(3)12(11)2)18(5,6)20-9-8-16(21)19(7)17(20)22/h10H,8-9H2,1-7H3. The molecule has 0 radical (unpaired) electrons. The van der Waals surface area contributed by atoms with Crippen molar-refractivity contribution in [3.8, 4) is 0 Å². The Morgan fingerprint density at radius 2 is 1.59 bits per heavy atom. The fraction of sp³-hybridized carbons (Fsp3) is 0.556. The number of amides is 3. The van der Waals surface area contributed by atoms with Crippen LogP contribution in [-0.4, -0.2) is 35.3 Å². The van der Waals surface area contributed by atoms with Gasteiger partial charge in [0.1, 0.15) is 0 Å². The average Bonchev–Trinajstić information content (AvgIpc) is 2.46. The van der Waals surface area contributed by atoms with E-state index < -0.39 is 5.54 Å². The van der Waals surface area contributed by atoms with Crippen LogP contribution < -0.4 is 0 Å². The molecule has 0 N–H and O–H groups in total. The number of hydrogen-bond donors (Lipinski definition) is 0. The molecule has 0 aromatic heterocycles. The van der Waals surface area contributed by atoms with Crippen LogP contribution in [0.4, 0.5) is 4.79 Å². The predicted octanol–water partition coefficient (Wildman–Crippen LogP) is 3.44. The zero-order valence-electron chi connectivity index (χ0n) is 14.7. The van der Waals surface area contributed by atoms with Crippen LogP contribution in [0.25, 0.3) is 0 Å². The van der Waals surface area contributed by atoms with Crippen LogP contribution in [0.2, 0.25) is 0 Å². The van der Waals surface area contributed by atoms with Gasteiger partial charge in [0.05, 0.1) is 5.54 Å². The largest absolute Gasteiger partial charge is 0.327 e. The summed E-state index contributed by atoms with van der Waals surface area (Å²) in [5, 5.41) is 0. The van der Waals surface area contributed by atoms with Gasteiger partial charge in [-0.3, -0.25) is 9.69 Å². The number of rotatable bonds is 2. The summed E-state index contributed by atoms with van der Waals surface area (Å²) >= 11 is 0. The summed E-state index contributed by atoms with van der Waals surface area (Å²) in [6, 6.07) is 1.97. The summed E-state index contributed by atoms with van der Waals surface area (Å²) in [7, 11) is 1.56. The number of hydrogen-bond acceptors (Lipinski definition) is 2. The molecule has 1 aromatic rings. The summed E-state index contributed by atoms with van der Waals surface area (Å²) in [6.07, 6.45) is 0.383. The van der Waals surface area contributed by atoms with E-state index in [1.54, 1.807) is 7.05 Å². The minimum Gasteiger partial charge on any atom is -0.315 e. The van der Waals surface area contributed by atoms with Crippen molar-refractivity contribution in [2.24, 2.45) is 0 Å². The van der Waals surface area contributed by atoms with Crippen molar-refractivity contribution < 1.29 is 9.59 Å². The topological polar surface area (TPSA) is 40.6 Å². The Morgan fingerprint density at radius 3 is 2.18 bits per heavy atom. The average molecular weight is 302 g/mol. The van der Waals surface area contributed by atoms with Gasteiger partial charge in [0, 0.05) is 20.0 Å². The van der Waals surface area contributed by atoms with E-state index in [2.05, 4.69) is 47.6 Å². The van der Waals surface area contributed by atoms with Gasteiger partial charge in [-0.15, -0.1) is 0 Å². The quantitative estimate of drug-likeness (QED) is 0.839. The zero-order chi connectivity index (χ0) is 16.8. The van der Waals surface area contributed by atoms with Gasteiger partial charge in [0.2, 0.25) is 5.91 Å². The summed E-state index contributed by atoms with van der Waals surface area (Å²) < 4.78 is 0.